The first-order chi connectivity index (χ1) is 22.4. The Bertz CT molecular complexity index is 1940. The zero-order chi connectivity index (χ0) is 33.7. The first-order valence-electron chi connectivity index (χ1n) is 14.2. The molecule has 0 bridgehead atoms. The van der Waals surface area contributed by atoms with Crippen LogP contribution in [0.4, 0.5) is 23.7 Å². The van der Waals surface area contributed by atoms with E-state index in [9.17, 15) is 22.8 Å². The Kier molecular flexibility index (Phi) is 10.0. The lowest BCUT2D eigenvalue weighted by Gasteiger charge is -2.15. The number of nitrogens with zero attached hydrogens (tertiary/aromatic N) is 3. The molecule has 240 valence electrons. The van der Waals surface area contributed by atoms with Crippen molar-refractivity contribution in [2.75, 3.05) is 18.9 Å². The molecule has 0 unspecified atom stereocenters. The molecule has 0 saturated carbocycles. The highest BCUT2D eigenvalue weighted by atomic mass is 35.5. The van der Waals surface area contributed by atoms with Crippen molar-refractivity contribution in [2.24, 2.45) is 0 Å². The number of aromatic nitrogens is 2. The highest BCUT2D eigenvalue weighted by Crippen LogP contribution is 2.33. The molecule has 0 spiro atoms. The highest BCUT2D eigenvalue weighted by Gasteiger charge is 2.30. The van der Waals surface area contributed by atoms with Crippen molar-refractivity contribution in [3.8, 4) is 22.4 Å². The summed E-state index contributed by atoms with van der Waals surface area (Å²) in [7, 11) is 1.39. The van der Waals surface area contributed by atoms with Crippen LogP contribution in [0.25, 0.3) is 34.5 Å². The zero-order valence-corrected chi connectivity index (χ0v) is 26.3. The number of carboxylic acid groups (broad SMARTS) is 1. The van der Waals surface area contributed by atoms with Crippen molar-refractivity contribution >= 4 is 53.0 Å². The number of amides is 2. The maximum Gasteiger partial charge on any atom is 0.416 e. The zero-order valence-electron chi connectivity index (χ0n) is 24.8. The number of anilines is 1. The number of urea groups is 1. The Hall–Kier alpha value is -5.06. The molecule has 7 nitrogen and oxygen atoms in total. The van der Waals surface area contributed by atoms with E-state index in [1.165, 1.54) is 13.1 Å². The summed E-state index contributed by atoms with van der Waals surface area (Å²) in [5.41, 5.74) is 3.95. The van der Waals surface area contributed by atoms with Crippen LogP contribution >= 0.6 is 23.2 Å². The van der Waals surface area contributed by atoms with Crippen LogP contribution in [-0.2, 0) is 17.5 Å². The molecule has 5 rings (SSSR count). The maximum absolute atomic E-state index is 13.2. The van der Waals surface area contributed by atoms with E-state index in [1.54, 1.807) is 48.5 Å². The number of hydrogen-bond acceptors (Lipinski definition) is 3. The first-order valence-corrected chi connectivity index (χ1v) is 14.9. The average Bonchev–Trinajstić information content (AvgIpc) is 3.42. The van der Waals surface area contributed by atoms with Crippen LogP contribution in [0.15, 0.2) is 97.2 Å². The van der Waals surface area contributed by atoms with E-state index in [0.29, 0.717) is 50.5 Å². The van der Waals surface area contributed by atoms with Gasteiger partial charge in [-0.05, 0) is 70.8 Å². The molecule has 0 fully saturated rings. The number of hydrogen-bond donors (Lipinski definition) is 2. The van der Waals surface area contributed by atoms with Crippen molar-refractivity contribution < 1.29 is 27.9 Å². The minimum atomic E-state index is -4.42. The topological polar surface area (TPSA) is 87.5 Å². The van der Waals surface area contributed by atoms with Gasteiger partial charge in [0, 0.05) is 36.1 Å². The maximum atomic E-state index is 13.2. The first kappa shape index (κ1) is 33.3. The minimum Gasteiger partial charge on any atom is -0.480 e. The van der Waals surface area contributed by atoms with E-state index in [0.717, 1.165) is 28.2 Å². The predicted molar refractivity (Wildman–Crippen MR) is 178 cm³/mol. The number of aliphatic carboxylic acids is 1. The molecular formula is C35H27Cl2F3N4O3. The predicted octanol–water partition coefficient (Wildman–Crippen LogP) is 9.31. The van der Waals surface area contributed by atoms with Gasteiger partial charge >= 0.3 is 18.2 Å². The Morgan fingerprint density at radius 2 is 1.66 bits per heavy atom. The number of likely N-dealkylation sites (N-methyl/N-ethyl adjacent to an activating group) is 1. The van der Waals surface area contributed by atoms with E-state index >= 15 is 0 Å². The van der Waals surface area contributed by atoms with Crippen LogP contribution in [0.3, 0.4) is 0 Å². The Labute approximate surface area is 278 Å². The smallest absolute Gasteiger partial charge is 0.416 e. The summed E-state index contributed by atoms with van der Waals surface area (Å²) in [6.45, 7) is -0.0136. The number of halogens is 5. The molecule has 0 atom stereocenters. The lowest BCUT2D eigenvalue weighted by Crippen LogP contribution is -2.35. The van der Waals surface area contributed by atoms with Crippen molar-refractivity contribution in [2.45, 2.75) is 12.7 Å². The Balaban J connectivity index is 1.38. The van der Waals surface area contributed by atoms with Crippen LogP contribution in [0.5, 0.6) is 0 Å². The number of carbonyl (C=O) groups excluding carboxylic acids is 1. The van der Waals surface area contributed by atoms with Crippen LogP contribution in [0.2, 0.25) is 10.0 Å². The molecule has 2 amide bonds. The van der Waals surface area contributed by atoms with Gasteiger partial charge in [0.05, 0.1) is 16.3 Å². The van der Waals surface area contributed by atoms with Gasteiger partial charge in [-0.3, -0.25) is 4.79 Å². The third-order valence-electron chi connectivity index (χ3n) is 7.15. The van der Waals surface area contributed by atoms with E-state index < -0.39 is 30.3 Å². The van der Waals surface area contributed by atoms with Gasteiger partial charge in [-0.2, -0.15) is 13.2 Å². The summed E-state index contributed by atoms with van der Waals surface area (Å²) in [6.07, 6.45) is 1.13. The lowest BCUT2D eigenvalue weighted by atomic mass is 10.0. The van der Waals surface area contributed by atoms with Crippen molar-refractivity contribution in [3.63, 3.8) is 0 Å². The second kappa shape index (κ2) is 14.1. The molecule has 1 heterocycles. The summed E-state index contributed by atoms with van der Waals surface area (Å²) >= 11 is 12.6. The fraction of sp³-hybridized carbons (Fsp3) is 0.114. The fourth-order valence-corrected chi connectivity index (χ4v) is 5.24. The number of benzene rings is 4. The molecule has 0 aliphatic carbocycles. The summed E-state index contributed by atoms with van der Waals surface area (Å²) in [5, 5.41) is 12.5. The van der Waals surface area contributed by atoms with Crippen molar-refractivity contribution in [3.05, 3.63) is 130 Å². The SMILES string of the molecule is CN(CC(=O)O)C(=O)Nc1ccc(Cn2cc(-c3ccc(Cl)cc3Cl)nc2/C=C/c2ccc(-c3cccc(C(F)(F)F)c3)cc2)cc1. The highest BCUT2D eigenvalue weighted by molar-refractivity contribution is 6.36. The average molecular weight is 680 g/mol. The van der Waals surface area contributed by atoms with Gasteiger partial charge in [-0.1, -0.05) is 77.8 Å². The van der Waals surface area contributed by atoms with E-state index in [1.807, 2.05) is 47.2 Å². The standard InChI is InChI=1S/C35H27Cl2F3N4O3/c1-43(21-33(45)46)34(47)41-28-13-7-23(8-14-28)19-44-20-31(29-15-12-27(36)18-30(29)37)42-32(44)16-9-22-5-10-24(11-6-22)25-3-2-4-26(17-25)35(38,39)40/h2-18,20H,19,21H2,1H3,(H,41,47)(H,45,46)/b16-9+. The number of rotatable bonds is 9. The van der Waals surface area contributed by atoms with Gasteiger partial charge < -0.3 is 19.9 Å². The number of imidazole rings is 1. The molecule has 0 aliphatic heterocycles. The molecule has 5 aromatic rings. The number of carboxylic acids is 1. The molecule has 0 radical (unpaired) electrons. The molecule has 1 aromatic heterocycles. The molecular weight excluding hydrogens is 652 g/mol. The molecule has 0 saturated heterocycles. The quantitative estimate of drug-likeness (QED) is 0.163. The molecule has 47 heavy (non-hydrogen) atoms. The van der Waals surface area contributed by atoms with Gasteiger partial charge in [-0.15, -0.1) is 0 Å². The van der Waals surface area contributed by atoms with Crippen molar-refractivity contribution in [1.29, 1.82) is 0 Å². The fourth-order valence-electron chi connectivity index (χ4n) is 4.73. The second-order valence-electron chi connectivity index (χ2n) is 10.6. The van der Waals surface area contributed by atoms with Gasteiger partial charge in [0.1, 0.15) is 12.4 Å². The summed E-state index contributed by atoms with van der Waals surface area (Å²) in [6, 6.07) is 24.1. The van der Waals surface area contributed by atoms with Crippen LogP contribution in [0.1, 0.15) is 22.5 Å². The summed E-state index contributed by atoms with van der Waals surface area (Å²) < 4.78 is 41.5. The second-order valence-corrected chi connectivity index (χ2v) is 11.5. The number of nitrogens with one attached hydrogen (secondary N) is 1. The lowest BCUT2D eigenvalue weighted by molar-refractivity contribution is -0.138. The van der Waals surface area contributed by atoms with E-state index in [4.69, 9.17) is 33.3 Å². The van der Waals surface area contributed by atoms with Crippen LogP contribution in [-0.4, -0.2) is 45.2 Å². The van der Waals surface area contributed by atoms with Crippen molar-refractivity contribution in [1.82, 2.24) is 14.5 Å². The molecule has 0 aliphatic rings. The largest absolute Gasteiger partial charge is 0.480 e. The number of alkyl halides is 3. The van der Waals surface area contributed by atoms with Crippen LogP contribution in [0, 0.1) is 0 Å². The molecule has 4 aromatic carbocycles. The Morgan fingerprint density at radius 1 is 0.936 bits per heavy atom. The number of carbonyl (C=O) groups is 2. The van der Waals surface area contributed by atoms with Gasteiger partial charge in [-0.25, -0.2) is 9.78 Å². The minimum absolute atomic E-state index is 0.416. The molecule has 12 heteroatoms. The third-order valence-corrected chi connectivity index (χ3v) is 7.70. The van der Waals surface area contributed by atoms with Gasteiger partial charge in [0.2, 0.25) is 0 Å². The summed E-state index contributed by atoms with van der Waals surface area (Å²) in [4.78, 5) is 29.0. The normalized spacial score (nSPS) is 11.5. The Morgan fingerprint density at radius 3 is 2.32 bits per heavy atom. The van der Waals surface area contributed by atoms with E-state index in [2.05, 4.69) is 5.32 Å². The summed E-state index contributed by atoms with van der Waals surface area (Å²) in [5.74, 6) is -0.504. The van der Waals surface area contributed by atoms with Crippen LogP contribution < -0.4 is 5.32 Å². The van der Waals surface area contributed by atoms with Gasteiger partial charge in [0.15, 0.2) is 0 Å². The third kappa shape index (κ3) is 8.60. The molecule has 2 N–H and O–H groups in total. The monoisotopic (exact) mass is 678 g/mol. The van der Waals surface area contributed by atoms with Gasteiger partial charge in [0.25, 0.3) is 0 Å². The van der Waals surface area contributed by atoms with E-state index in [-0.39, 0.29) is 0 Å².